The van der Waals surface area contributed by atoms with Crippen LogP contribution in [0.3, 0.4) is 0 Å². The van der Waals surface area contributed by atoms with Crippen LogP contribution < -0.4 is 4.90 Å². The molecule has 9 aromatic rings. The van der Waals surface area contributed by atoms with Gasteiger partial charge in [-0.25, -0.2) is 0 Å². The van der Waals surface area contributed by atoms with Gasteiger partial charge >= 0.3 is 0 Å². The highest BCUT2D eigenvalue weighted by atomic mass is 16.3. The highest BCUT2D eigenvalue weighted by Crippen LogP contribution is 2.46. The van der Waals surface area contributed by atoms with E-state index in [-0.39, 0.29) is 0 Å². The van der Waals surface area contributed by atoms with Crippen molar-refractivity contribution < 1.29 is 8.83 Å². The monoisotopic (exact) mass is 629 g/mol. The first-order valence-electron chi connectivity index (χ1n) is 16.9. The Kier molecular flexibility index (Phi) is 6.31. The third-order valence-electron chi connectivity index (χ3n) is 9.87. The van der Waals surface area contributed by atoms with Gasteiger partial charge in [0, 0.05) is 43.9 Å². The van der Waals surface area contributed by atoms with Gasteiger partial charge < -0.3 is 13.7 Å². The van der Waals surface area contributed by atoms with Crippen LogP contribution in [0.1, 0.15) is 18.4 Å². The molecule has 0 saturated heterocycles. The first-order chi connectivity index (χ1) is 24.3. The van der Waals surface area contributed by atoms with Gasteiger partial charge in [-0.2, -0.15) is 0 Å². The van der Waals surface area contributed by atoms with Gasteiger partial charge in [-0.1, -0.05) is 121 Å². The number of furan rings is 2. The summed E-state index contributed by atoms with van der Waals surface area (Å²) in [5.41, 5.74) is 11.3. The van der Waals surface area contributed by atoms with E-state index in [0.29, 0.717) is 0 Å². The van der Waals surface area contributed by atoms with Crippen molar-refractivity contribution in [2.24, 2.45) is 0 Å². The van der Waals surface area contributed by atoms with E-state index in [9.17, 15) is 0 Å². The Labute approximate surface area is 283 Å². The molecule has 2 aromatic heterocycles. The van der Waals surface area contributed by atoms with Crippen LogP contribution in [-0.2, 0) is 0 Å². The Morgan fingerprint density at radius 3 is 2.08 bits per heavy atom. The van der Waals surface area contributed by atoms with Crippen LogP contribution in [0.5, 0.6) is 0 Å². The Balaban J connectivity index is 1.27. The van der Waals surface area contributed by atoms with Crippen LogP contribution in [0.4, 0.5) is 17.1 Å². The topological polar surface area (TPSA) is 29.5 Å². The van der Waals surface area contributed by atoms with E-state index in [0.717, 1.165) is 84.7 Å². The first-order valence-corrected chi connectivity index (χ1v) is 16.9. The third-order valence-corrected chi connectivity index (χ3v) is 9.87. The molecule has 49 heavy (non-hydrogen) atoms. The van der Waals surface area contributed by atoms with Gasteiger partial charge in [-0.15, -0.1) is 0 Å². The van der Waals surface area contributed by atoms with Crippen LogP contribution in [0, 0.1) is 0 Å². The summed E-state index contributed by atoms with van der Waals surface area (Å²) in [6, 6.07) is 51.6. The normalized spacial score (nSPS) is 13.2. The average molecular weight is 630 g/mol. The van der Waals surface area contributed by atoms with Gasteiger partial charge in [0.05, 0.1) is 5.69 Å². The zero-order valence-corrected chi connectivity index (χ0v) is 26.8. The molecule has 0 atom stereocenters. The minimum Gasteiger partial charge on any atom is -0.455 e. The smallest absolute Gasteiger partial charge is 0.159 e. The van der Waals surface area contributed by atoms with Crippen molar-refractivity contribution in [2.45, 2.75) is 12.8 Å². The molecule has 0 N–H and O–H groups in total. The van der Waals surface area contributed by atoms with Gasteiger partial charge in [0.2, 0.25) is 0 Å². The maximum atomic E-state index is 6.86. The van der Waals surface area contributed by atoms with Crippen LogP contribution in [0.25, 0.3) is 71.3 Å². The summed E-state index contributed by atoms with van der Waals surface area (Å²) in [7, 11) is 0. The largest absolute Gasteiger partial charge is 0.455 e. The van der Waals surface area contributed by atoms with E-state index in [1.807, 2.05) is 12.1 Å². The Morgan fingerprint density at radius 2 is 1.22 bits per heavy atom. The van der Waals surface area contributed by atoms with Crippen molar-refractivity contribution in [1.82, 2.24) is 0 Å². The maximum absolute atomic E-state index is 6.86. The van der Waals surface area contributed by atoms with E-state index in [4.69, 9.17) is 8.83 Å². The number of benzene rings is 7. The molecule has 0 fully saturated rings. The molecule has 0 spiro atoms. The summed E-state index contributed by atoms with van der Waals surface area (Å²) < 4.78 is 13.5. The van der Waals surface area contributed by atoms with Crippen molar-refractivity contribution in [3.05, 3.63) is 169 Å². The molecule has 1 aliphatic rings. The van der Waals surface area contributed by atoms with Gasteiger partial charge in [0.1, 0.15) is 16.7 Å². The van der Waals surface area contributed by atoms with Crippen molar-refractivity contribution in [1.29, 1.82) is 0 Å². The average Bonchev–Trinajstić information content (AvgIpc) is 3.75. The summed E-state index contributed by atoms with van der Waals surface area (Å²) in [4.78, 5) is 2.34. The second-order valence-corrected chi connectivity index (χ2v) is 12.8. The lowest BCUT2D eigenvalue weighted by molar-refractivity contribution is 0.669. The predicted molar refractivity (Wildman–Crippen MR) is 205 cm³/mol. The van der Waals surface area contributed by atoms with Crippen molar-refractivity contribution >= 4 is 77.3 Å². The molecule has 2 heterocycles. The van der Waals surface area contributed by atoms with Crippen molar-refractivity contribution in [3.8, 4) is 11.1 Å². The lowest BCUT2D eigenvalue weighted by Gasteiger charge is -2.26. The summed E-state index contributed by atoms with van der Waals surface area (Å²) >= 11 is 0. The fourth-order valence-corrected chi connectivity index (χ4v) is 7.52. The lowest BCUT2D eigenvalue weighted by Crippen LogP contribution is -2.10. The van der Waals surface area contributed by atoms with Crippen LogP contribution >= 0.6 is 0 Å². The molecule has 0 radical (unpaired) electrons. The molecule has 3 nitrogen and oxygen atoms in total. The summed E-state index contributed by atoms with van der Waals surface area (Å²) in [5.74, 6) is 0. The molecular formula is C46H31NO2. The molecule has 0 aliphatic heterocycles. The van der Waals surface area contributed by atoms with E-state index < -0.39 is 0 Å². The zero-order valence-electron chi connectivity index (χ0n) is 26.8. The molecule has 10 rings (SSSR count). The quantitative estimate of drug-likeness (QED) is 0.190. The number of para-hydroxylation sites is 2. The van der Waals surface area contributed by atoms with E-state index in [1.54, 1.807) is 0 Å². The fourth-order valence-electron chi connectivity index (χ4n) is 7.52. The number of allylic oxidation sites excluding steroid dienone is 4. The van der Waals surface area contributed by atoms with Crippen LogP contribution in [0.2, 0.25) is 0 Å². The molecule has 232 valence electrons. The number of nitrogens with zero attached hydrogens (tertiary/aromatic N) is 1. The molecule has 0 bridgehead atoms. The molecule has 0 amide bonds. The first kappa shape index (κ1) is 27.8. The highest BCUT2D eigenvalue weighted by Gasteiger charge is 2.23. The standard InChI is InChI=1S/C46H31NO2/c1-3-12-30(13-4-1)31-22-25-34(26-23-31)47(42-20-11-19-38-37-18-9-10-21-43(37)48-46(38)42)35-28-40(32-14-5-2-6-15-32)45-41(29-35)39-27-24-33-16-7-8-17-36(33)44(39)49-45/h1,3-5,7-29H,2,6H2. The Bertz CT molecular complexity index is 2760. The van der Waals surface area contributed by atoms with Crippen molar-refractivity contribution in [2.75, 3.05) is 4.90 Å². The second kappa shape index (κ2) is 11.1. The van der Waals surface area contributed by atoms with Gasteiger partial charge in [0.25, 0.3) is 0 Å². The summed E-state index contributed by atoms with van der Waals surface area (Å²) in [6.07, 6.45) is 8.89. The van der Waals surface area contributed by atoms with E-state index >= 15 is 0 Å². The zero-order chi connectivity index (χ0) is 32.3. The molecule has 1 aliphatic carbocycles. The van der Waals surface area contributed by atoms with Crippen LogP contribution in [-0.4, -0.2) is 0 Å². The van der Waals surface area contributed by atoms with E-state index in [1.165, 1.54) is 22.1 Å². The molecule has 0 unspecified atom stereocenters. The Hall–Kier alpha value is -6.32. The third kappa shape index (κ3) is 4.51. The maximum Gasteiger partial charge on any atom is 0.159 e. The number of hydrogen-bond acceptors (Lipinski definition) is 3. The summed E-state index contributed by atoms with van der Waals surface area (Å²) in [5, 5.41) is 6.70. The number of anilines is 3. The van der Waals surface area contributed by atoms with Gasteiger partial charge in [-0.05, 0) is 77.4 Å². The highest BCUT2D eigenvalue weighted by molar-refractivity contribution is 6.18. The minimum atomic E-state index is 0.859. The second-order valence-electron chi connectivity index (χ2n) is 12.8. The number of fused-ring (bicyclic) bond motifs is 8. The Morgan fingerprint density at radius 1 is 0.469 bits per heavy atom. The molecule has 3 heteroatoms. The minimum absolute atomic E-state index is 0.859. The number of hydrogen-bond donors (Lipinski definition) is 0. The number of rotatable bonds is 5. The predicted octanol–water partition coefficient (Wildman–Crippen LogP) is 13.5. The molecule has 0 saturated carbocycles. The molecule has 7 aromatic carbocycles. The van der Waals surface area contributed by atoms with E-state index in [2.05, 4.69) is 157 Å². The lowest BCUT2D eigenvalue weighted by atomic mass is 9.96. The summed E-state index contributed by atoms with van der Waals surface area (Å²) in [6.45, 7) is 0. The van der Waals surface area contributed by atoms with Gasteiger partial charge in [0.15, 0.2) is 5.58 Å². The van der Waals surface area contributed by atoms with Gasteiger partial charge in [-0.3, -0.25) is 0 Å². The van der Waals surface area contributed by atoms with Crippen LogP contribution in [0.15, 0.2) is 173 Å². The molecular weight excluding hydrogens is 599 g/mol. The SMILES string of the molecule is C1=CC(c2cc(N(c3ccc(-c4ccccc4)cc3)c3cccc4c3oc3ccccc34)cc3c2oc2c4ccccc4ccc32)=CCC1. The fraction of sp³-hybridized carbons (Fsp3) is 0.0435. The van der Waals surface area contributed by atoms with Crippen molar-refractivity contribution in [3.63, 3.8) is 0 Å².